The van der Waals surface area contributed by atoms with Crippen molar-refractivity contribution in [1.82, 2.24) is 15.1 Å². The number of amides is 1. The van der Waals surface area contributed by atoms with E-state index >= 15 is 0 Å². The van der Waals surface area contributed by atoms with Crippen LogP contribution in [0, 0.1) is 13.8 Å². The van der Waals surface area contributed by atoms with Gasteiger partial charge in [-0.3, -0.25) is 9.48 Å². The van der Waals surface area contributed by atoms with E-state index in [0.717, 1.165) is 53.2 Å². The second-order valence-electron chi connectivity index (χ2n) is 5.82. The lowest BCUT2D eigenvalue weighted by molar-refractivity contribution is 0.0950. The van der Waals surface area contributed by atoms with E-state index in [9.17, 15) is 4.79 Å². The van der Waals surface area contributed by atoms with Crippen molar-refractivity contribution in [3.63, 3.8) is 0 Å². The highest BCUT2D eigenvalue weighted by molar-refractivity contribution is 5.97. The van der Waals surface area contributed by atoms with Gasteiger partial charge in [0.05, 0.1) is 5.69 Å². The van der Waals surface area contributed by atoms with Crippen LogP contribution in [0.25, 0.3) is 0 Å². The summed E-state index contributed by atoms with van der Waals surface area (Å²) in [5.41, 5.74) is 6.16. The average Bonchev–Trinajstić information content (AvgIpc) is 2.77. The Balaban J connectivity index is 1.78. The summed E-state index contributed by atoms with van der Waals surface area (Å²) in [6, 6.07) is 5.89. The molecule has 5 nitrogen and oxygen atoms in total. The number of fused-ring (bicyclic) bond motifs is 1. The third kappa shape index (κ3) is 2.58. The van der Waals surface area contributed by atoms with Crippen LogP contribution in [0.3, 0.4) is 0 Å². The SMILES string of the molecule is Cc1nn(C)c(C)c1CNC(=O)c1cccc2c1CCCN2. The zero-order valence-corrected chi connectivity index (χ0v) is 13.4. The first kappa shape index (κ1) is 14.6. The number of anilines is 1. The minimum atomic E-state index is -0.0109. The number of benzene rings is 1. The molecule has 0 fully saturated rings. The zero-order valence-electron chi connectivity index (χ0n) is 13.4. The minimum Gasteiger partial charge on any atom is -0.385 e. The van der Waals surface area contributed by atoms with Gasteiger partial charge in [-0.25, -0.2) is 0 Å². The van der Waals surface area contributed by atoms with Crippen molar-refractivity contribution in [2.45, 2.75) is 33.2 Å². The molecule has 1 aromatic heterocycles. The van der Waals surface area contributed by atoms with Gasteiger partial charge in [0.25, 0.3) is 5.91 Å². The van der Waals surface area contributed by atoms with Crippen molar-refractivity contribution in [2.75, 3.05) is 11.9 Å². The maximum absolute atomic E-state index is 12.6. The number of carbonyl (C=O) groups is 1. The smallest absolute Gasteiger partial charge is 0.251 e. The largest absolute Gasteiger partial charge is 0.385 e. The quantitative estimate of drug-likeness (QED) is 0.914. The summed E-state index contributed by atoms with van der Waals surface area (Å²) in [5.74, 6) is -0.0109. The molecule has 0 unspecified atom stereocenters. The van der Waals surface area contributed by atoms with Gasteiger partial charge in [-0.2, -0.15) is 5.10 Å². The van der Waals surface area contributed by atoms with Gasteiger partial charge in [-0.05, 0) is 44.4 Å². The molecule has 1 aliphatic rings. The molecule has 22 heavy (non-hydrogen) atoms. The standard InChI is InChI=1S/C17H22N4O/c1-11-15(12(2)21(3)20-11)10-19-17(22)14-6-4-8-16-13(14)7-5-9-18-16/h4,6,8,18H,5,7,9-10H2,1-3H3,(H,19,22). The van der Waals surface area contributed by atoms with Gasteiger partial charge < -0.3 is 10.6 Å². The first-order valence-electron chi connectivity index (χ1n) is 7.71. The molecule has 0 saturated carbocycles. The van der Waals surface area contributed by atoms with Crippen LogP contribution in [0.15, 0.2) is 18.2 Å². The van der Waals surface area contributed by atoms with Crippen LogP contribution in [0.2, 0.25) is 0 Å². The van der Waals surface area contributed by atoms with E-state index in [4.69, 9.17) is 0 Å². The molecule has 2 N–H and O–H groups in total. The molecule has 0 aliphatic carbocycles. The average molecular weight is 298 g/mol. The Morgan fingerprint density at radius 2 is 2.23 bits per heavy atom. The van der Waals surface area contributed by atoms with Crippen molar-refractivity contribution in [2.24, 2.45) is 7.05 Å². The lowest BCUT2D eigenvalue weighted by Gasteiger charge is -2.20. The molecule has 2 aromatic rings. The second-order valence-corrected chi connectivity index (χ2v) is 5.82. The lowest BCUT2D eigenvalue weighted by Crippen LogP contribution is -2.26. The molecule has 0 spiro atoms. The van der Waals surface area contributed by atoms with Crippen LogP contribution in [-0.2, 0) is 20.0 Å². The molecular weight excluding hydrogens is 276 g/mol. The summed E-state index contributed by atoms with van der Waals surface area (Å²) in [4.78, 5) is 12.6. The molecule has 116 valence electrons. The third-order valence-corrected chi connectivity index (χ3v) is 4.42. The van der Waals surface area contributed by atoms with E-state index in [1.54, 1.807) is 0 Å². The Morgan fingerprint density at radius 1 is 1.41 bits per heavy atom. The number of aryl methyl sites for hydroxylation is 2. The van der Waals surface area contributed by atoms with E-state index in [2.05, 4.69) is 15.7 Å². The highest BCUT2D eigenvalue weighted by Crippen LogP contribution is 2.25. The topological polar surface area (TPSA) is 59.0 Å². The summed E-state index contributed by atoms with van der Waals surface area (Å²) >= 11 is 0. The highest BCUT2D eigenvalue weighted by Gasteiger charge is 2.18. The van der Waals surface area contributed by atoms with Crippen LogP contribution < -0.4 is 10.6 Å². The van der Waals surface area contributed by atoms with Crippen molar-refractivity contribution in [3.05, 3.63) is 46.3 Å². The number of carbonyl (C=O) groups excluding carboxylic acids is 1. The molecule has 3 rings (SSSR count). The number of rotatable bonds is 3. The predicted octanol–water partition coefficient (Wildman–Crippen LogP) is 2.33. The van der Waals surface area contributed by atoms with Crippen LogP contribution in [-0.4, -0.2) is 22.2 Å². The van der Waals surface area contributed by atoms with Gasteiger partial charge >= 0.3 is 0 Å². The Bertz CT molecular complexity index is 718. The molecule has 0 atom stereocenters. The fourth-order valence-electron chi connectivity index (χ4n) is 3.06. The predicted molar refractivity (Wildman–Crippen MR) is 87.1 cm³/mol. The minimum absolute atomic E-state index is 0.0109. The van der Waals surface area contributed by atoms with E-state index < -0.39 is 0 Å². The molecule has 5 heteroatoms. The molecule has 1 amide bonds. The van der Waals surface area contributed by atoms with E-state index in [1.165, 1.54) is 0 Å². The molecular formula is C17H22N4O. The van der Waals surface area contributed by atoms with Gasteiger partial charge in [0, 0.05) is 42.6 Å². The first-order valence-corrected chi connectivity index (χ1v) is 7.71. The normalized spacial score (nSPS) is 13.4. The maximum atomic E-state index is 12.6. The van der Waals surface area contributed by atoms with Crippen molar-refractivity contribution in [3.8, 4) is 0 Å². The van der Waals surface area contributed by atoms with Gasteiger partial charge in [0.15, 0.2) is 0 Å². The monoisotopic (exact) mass is 298 g/mol. The van der Waals surface area contributed by atoms with Crippen LogP contribution in [0.5, 0.6) is 0 Å². The first-order chi connectivity index (χ1) is 10.6. The number of hydrogen-bond acceptors (Lipinski definition) is 3. The maximum Gasteiger partial charge on any atom is 0.251 e. The fraction of sp³-hybridized carbons (Fsp3) is 0.412. The Hall–Kier alpha value is -2.30. The molecule has 0 radical (unpaired) electrons. The zero-order chi connectivity index (χ0) is 15.7. The number of hydrogen-bond donors (Lipinski definition) is 2. The Labute approximate surface area is 130 Å². The van der Waals surface area contributed by atoms with E-state index in [0.29, 0.717) is 6.54 Å². The van der Waals surface area contributed by atoms with Crippen LogP contribution in [0.1, 0.15) is 39.3 Å². The summed E-state index contributed by atoms with van der Waals surface area (Å²) in [6.45, 7) is 5.49. The van der Waals surface area contributed by atoms with Crippen molar-refractivity contribution in [1.29, 1.82) is 0 Å². The molecule has 1 aromatic carbocycles. The molecule has 0 bridgehead atoms. The van der Waals surface area contributed by atoms with Gasteiger partial charge in [0.1, 0.15) is 0 Å². The summed E-state index contributed by atoms with van der Waals surface area (Å²) in [7, 11) is 1.92. The highest BCUT2D eigenvalue weighted by atomic mass is 16.1. The molecule has 0 saturated heterocycles. The van der Waals surface area contributed by atoms with Gasteiger partial charge in [-0.15, -0.1) is 0 Å². The van der Waals surface area contributed by atoms with E-state index in [-0.39, 0.29) is 5.91 Å². The third-order valence-electron chi connectivity index (χ3n) is 4.42. The van der Waals surface area contributed by atoms with Crippen LogP contribution >= 0.6 is 0 Å². The van der Waals surface area contributed by atoms with Crippen LogP contribution in [0.4, 0.5) is 5.69 Å². The van der Waals surface area contributed by atoms with Crippen molar-refractivity contribution >= 4 is 11.6 Å². The van der Waals surface area contributed by atoms with E-state index in [1.807, 2.05) is 43.8 Å². The van der Waals surface area contributed by atoms with Gasteiger partial charge in [0.2, 0.25) is 0 Å². The summed E-state index contributed by atoms with van der Waals surface area (Å²) in [6.07, 6.45) is 2.02. The summed E-state index contributed by atoms with van der Waals surface area (Å²) < 4.78 is 1.85. The summed E-state index contributed by atoms with van der Waals surface area (Å²) in [5, 5.41) is 10.8. The van der Waals surface area contributed by atoms with Crippen molar-refractivity contribution < 1.29 is 4.79 Å². The number of aromatic nitrogens is 2. The molecule has 2 heterocycles. The fourth-order valence-corrected chi connectivity index (χ4v) is 3.06. The number of nitrogens with zero attached hydrogens (tertiary/aromatic N) is 2. The Kier molecular flexibility index (Phi) is 3.88. The molecule has 1 aliphatic heterocycles. The van der Waals surface area contributed by atoms with Gasteiger partial charge in [-0.1, -0.05) is 6.07 Å². The number of nitrogens with one attached hydrogen (secondary N) is 2. The second kappa shape index (κ2) is 5.83. The Morgan fingerprint density at radius 3 is 2.95 bits per heavy atom. The lowest BCUT2D eigenvalue weighted by atomic mass is 9.97.